The molecule has 0 aliphatic rings. The Morgan fingerprint density at radius 3 is 2.15 bits per heavy atom. The number of rotatable bonds is 8. The average Bonchev–Trinajstić information content (AvgIpc) is 2.83. The van der Waals surface area contributed by atoms with Crippen LogP contribution in [0.15, 0.2) is 65.6 Å². The van der Waals surface area contributed by atoms with Crippen LogP contribution in [0.2, 0.25) is 10.0 Å². The summed E-state index contributed by atoms with van der Waals surface area (Å²) in [7, 11) is -4.47. The van der Waals surface area contributed by atoms with Gasteiger partial charge in [-0.25, -0.2) is 13.2 Å². The fraction of sp³-hybridized carbons (Fsp3) is 0.296. The van der Waals surface area contributed by atoms with Crippen LogP contribution in [0.25, 0.3) is 0 Å². The number of phenols is 1. The van der Waals surface area contributed by atoms with Crippen molar-refractivity contribution in [3.63, 3.8) is 0 Å². The SMILES string of the molecule is CC(C)(C)OC(=O)NCc1cccc(CN(Cc2ccc(C(F)(F)F)cc2)S(=O)(=O)c2cc(Cl)cc(Cl)c2O)c1. The van der Waals surface area contributed by atoms with E-state index in [0.29, 0.717) is 11.1 Å². The van der Waals surface area contributed by atoms with Crippen LogP contribution in [0.3, 0.4) is 0 Å². The minimum Gasteiger partial charge on any atom is -0.505 e. The first-order chi connectivity index (χ1) is 18.5. The monoisotopic (exact) mass is 618 g/mol. The molecule has 0 saturated heterocycles. The summed E-state index contributed by atoms with van der Waals surface area (Å²) in [4.78, 5) is 11.5. The van der Waals surface area contributed by atoms with E-state index in [4.69, 9.17) is 27.9 Å². The van der Waals surface area contributed by atoms with Crippen LogP contribution < -0.4 is 5.32 Å². The molecule has 3 aromatic carbocycles. The first-order valence-corrected chi connectivity index (χ1v) is 14.0. The first-order valence-electron chi connectivity index (χ1n) is 11.8. The van der Waals surface area contributed by atoms with E-state index in [0.717, 1.165) is 22.5 Å². The minimum absolute atomic E-state index is 0.0360. The summed E-state index contributed by atoms with van der Waals surface area (Å²) in [6.45, 7) is 4.72. The van der Waals surface area contributed by atoms with Crippen molar-refractivity contribution < 1.29 is 36.2 Å². The molecule has 0 spiro atoms. The van der Waals surface area contributed by atoms with Crippen molar-refractivity contribution in [2.75, 3.05) is 0 Å². The van der Waals surface area contributed by atoms with Gasteiger partial charge in [-0.15, -0.1) is 0 Å². The third kappa shape index (κ3) is 8.50. The number of carbonyl (C=O) groups is 1. The lowest BCUT2D eigenvalue weighted by atomic mass is 10.1. The van der Waals surface area contributed by atoms with Crippen molar-refractivity contribution in [2.24, 2.45) is 0 Å². The molecule has 40 heavy (non-hydrogen) atoms. The van der Waals surface area contributed by atoms with Crippen molar-refractivity contribution in [1.29, 1.82) is 0 Å². The zero-order valence-corrected chi connectivity index (χ0v) is 24.0. The Bertz CT molecular complexity index is 1470. The molecule has 0 bridgehead atoms. The number of sulfonamides is 1. The summed E-state index contributed by atoms with van der Waals surface area (Å²) in [5, 5.41) is 12.7. The topological polar surface area (TPSA) is 95.9 Å². The average molecular weight is 619 g/mol. The molecule has 13 heteroatoms. The summed E-state index contributed by atoms with van der Waals surface area (Å²) in [6.07, 6.45) is -5.18. The molecule has 0 aliphatic heterocycles. The van der Waals surface area contributed by atoms with Gasteiger partial charge >= 0.3 is 12.3 Å². The lowest BCUT2D eigenvalue weighted by molar-refractivity contribution is -0.137. The summed E-state index contributed by atoms with van der Waals surface area (Å²) >= 11 is 12.0. The molecule has 0 atom stereocenters. The highest BCUT2D eigenvalue weighted by molar-refractivity contribution is 7.89. The zero-order valence-electron chi connectivity index (χ0n) is 21.7. The molecule has 0 heterocycles. The minimum atomic E-state index is -4.55. The summed E-state index contributed by atoms with van der Waals surface area (Å²) in [6, 6.07) is 13.0. The van der Waals surface area contributed by atoms with Crippen molar-refractivity contribution in [3.8, 4) is 5.75 Å². The summed E-state index contributed by atoms with van der Waals surface area (Å²) < 4.78 is 72.8. The fourth-order valence-electron chi connectivity index (χ4n) is 3.64. The second-order valence-corrected chi connectivity index (χ2v) is 12.6. The second kappa shape index (κ2) is 12.3. The van der Waals surface area contributed by atoms with Gasteiger partial charge in [0.05, 0.1) is 10.6 Å². The van der Waals surface area contributed by atoms with Crippen LogP contribution in [-0.4, -0.2) is 29.5 Å². The van der Waals surface area contributed by atoms with Gasteiger partial charge in [0, 0.05) is 24.7 Å². The smallest absolute Gasteiger partial charge is 0.416 e. The predicted molar refractivity (Wildman–Crippen MR) is 146 cm³/mol. The number of carbonyl (C=O) groups excluding carboxylic acids is 1. The largest absolute Gasteiger partial charge is 0.505 e. The Balaban J connectivity index is 1.94. The Hall–Kier alpha value is -2.99. The second-order valence-electron chi connectivity index (χ2n) is 9.88. The number of amides is 1. The van der Waals surface area contributed by atoms with E-state index >= 15 is 0 Å². The molecule has 3 rings (SSSR count). The number of alkyl halides is 3. The van der Waals surface area contributed by atoms with Gasteiger partial charge in [0.2, 0.25) is 10.0 Å². The number of phenolic OH excluding ortho intramolecular Hbond substituents is 1. The van der Waals surface area contributed by atoms with Crippen molar-refractivity contribution in [1.82, 2.24) is 9.62 Å². The van der Waals surface area contributed by atoms with Crippen LogP contribution in [0.1, 0.15) is 43.0 Å². The van der Waals surface area contributed by atoms with Crippen LogP contribution in [0, 0.1) is 0 Å². The van der Waals surface area contributed by atoms with Gasteiger partial charge < -0.3 is 15.2 Å². The van der Waals surface area contributed by atoms with Gasteiger partial charge in [0.1, 0.15) is 10.5 Å². The van der Waals surface area contributed by atoms with E-state index in [-0.39, 0.29) is 35.2 Å². The molecule has 0 unspecified atom stereocenters. The molecule has 1 amide bonds. The Labute approximate surface area is 240 Å². The van der Waals surface area contributed by atoms with E-state index in [1.165, 1.54) is 18.2 Å². The number of benzene rings is 3. The lowest BCUT2D eigenvalue weighted by Gasteiger charge is -2.24. The highest BCUT2D eigenvalue weighted by Crippen LogP contribution is 2.37. The number of alkyl carbamates (subject to hydrolysis) is 1. The van der Waals surface area contributed by atoms with Gasteiger partial charge in [-0.1, -0.05) is 59.6 Å². The molecule has 0 aromatic heterocycles. The van der Waals surface area contributed by atoms with Gasteiger partial charge in [-0.3, -0.25) is 0 Å². The molecule has 0 radical (unpaired) electrons. The van der Waals surface area contributed by atoms with E-state index in [2.05, 4.69) is 5.32 Å². The molecule has 0 aliphatic carbocycles. The molecular weight excluding hydrogens is 592 g/mol. The number of hydrogen-bond acceptors (Lipinski definition) is 5. The fourth-order valence-corrected chi connectivity index (χ4v) is 5.80. The van der Waals surface area contributed by atoms with Gasteiger partial charge in [-0.05, 0) is 61.7 Å². The van der Waals surface area contributed by atoms with Crippen molar-refractivity contribution in [2.45, 2.75) is 57.1 Å². The number of aromatic hydroxyl groups is 1. The van der Waals surface area contributed by atoms with Crippen LogP contribution in [0.4, 0.5) is 18.0 Å². The quantitative estimate of drug-likeness (QED) is 0.280. The normalized spacial score (nSPS) is 12.4. The van der Waals surface area contributed by atoms with E-state index in [9.17, 15) is 31.5 Å². The number of hydrogen-bond donors (Lipinski definition) is 2. The van der Waals surface area contributed by atoms with Crippen molar-refractivity contribution in [3.05, 3.63) is 93.0 Å². The van der Waals surface area contributed by atoms with E-state index in [1.807, 2.05) is 0 Å². The highest BCUT2D eigenvalue weighted by Gasteiger charge is 2.32. The molecular formula is C27H27Cl2F3N2O5S. The maximum Gasteiger partial charge on any atom is 0.416 e. The number of nitrogens with zero attached hydrogens (tertiary/aromatic N) is 1. The Morgan fingerprint density at radius 1 is 0.950 bits per heavy atom. The third-order valence-corrected chi connectivity index (χ3v) is 7.75. The number of nitrogens with one attached hydrogen (secondary N) is 1. The molecule has 7 nitrogen and oxygen atoms in total. The molecule has 0 fully saturated rings. The van der Waals surface area contributed by atoms with Crippen LogP contribution in [0.5, 0.6) is 5.75 Å². The Kier molecular flexibility index (Phi) is 9.66. The van der Waals surface area contributed by atoms with E-state index < -0.39 is 44.1 Å². The summed E-state index contributed by atoms with van der Waals surface area (Å²) in [5.41, 5.74) is -0.147. The maximum absolute atomic E-state index is 13.7. The third-order valence-electron chi connectivity index (χ3n) is 5.44. The maximum atomic E-state index is 13.7. The van der Waals surface area contributed by atoms with Crippen LogP contribution in [-0.2, 0) is 40.6 Å². The standard InChI is InChI=1S/C27H27Cl2F3N2O5S/c1-26(2,3)39-25(36)33-14-18-5-4-6-19(11-18)16-34(15-17-7-9-20(10-8-17)27(30,31)32)40(37,38)23-13-21(28)12-22(29)24(23)35/h4-13,35H,14-16H2,1-3H3,(H,33,36). The van der Waals surface area contributed by atoms with E-state index in [1.54, 1.807) is 45.0 Å². The molecule has 216 valence electrons. The summed E-state index contributed by atoms with van der Waals surface area (Å²) in [5.74, 6) is -0.709. The lowest BCUT2D eigenvalue weighted by Crippen LogP contribution is -2.32. The number of halogens is 5. The van der Waals surface area contributed by atoms with Gasteiger partial charge in [-0.2, -0.15) is 17.5 Å². The highest BCUT2D eigenvalue weighted by atomic mass is 35.5. The predicted octanol–water partition coefficient (Wildman–Crippen LogP) is 7.13. The van der Waals surface area contributed by atoms with Gasteiger partial charge in [0.15, 0.2) is 5.75 Å². The van der Waals surface area contributed by atoms with Crippen LogP contribution >= 0.6 is 23.2 Å². The zero-order chi connectivity index (χ0) is 29.9. The first kappa shape index (κ1) is 31.5. The number of ether oxygens (including phenoxy) is 1. The van der Waals surface area contributed by atoms with Gasteiger partial charge in [0.25, 0.3) is 0 Å². The Morgan fingerprint density at radius 2 is 1.55 bits per heavy atom. The van der Waals surface area contributed by atoms with Crippen molar-refractivity contribution >= 4 is 39.3 Å². The molecule has 0 saturated carbocycles. The molecule has 3 aromatic rings. The molecule has 2 N–H and O–H groups in total.